The number of phenols is 1. The Morgan fingerprint density at radius 1 is 1.09 bits per heavy atom. The van der Waals surface area contributed by atoms with Crippen LogP contribution in [-0.2, 0) is 19.4 Å². The Morgan fingerprint density at radius 2 is 1.91 bits per heavy atom. The summed E-state index contributed by atoms with van der Waals surface area (Å²) in [4.78, 5) is 37.2. The van der Waals surface area contributed by atoms with Crippen molar-refractivity contribution < 1.29 is 14.3 Å². The molecule has 0 radical (unpaired) electrons. The molecule has 45 heavy (non-hydrogen) atoms. The Kier molecular flexibility index (Phi) is 6.56. The highest BCUT2D eigenvalue weighted by molar-refractivity contribution is 5.94. The molecule has 6 heterocycles. The lowest BCUT2D eigenvalue weighted by molar-refractivity contribution is 0.0725. The maximum Gasteiger partial charge on any atom is 0.274 e. The van der Waals surface area contributed by atoms with Gasteiger partial charge in [-0.3, -0.25) is 9.89 Å². The van der Waals surface area contributed by atoms with Crippen molar-refractivity contribution in [2.24, 2.45) is 11.8 Å². The number of likely N-dealkylation sites (tertiary alicyclic amines) is 1. The van der Waals surface area contributed by atoms with Crippen LogP contribution >= 0.6 is 0 Å². The van der Waals surface area contributed by atoms with Gasteiger partial charge in [-0.25, -0.2) is 19.3 Å². The second-order valence-corrected chi connectivity index (χ2v) is 12.5. The monoisotopic (exact) mass is 607 g/mol. The van der Waals surface area contributed by atoms with Crippen molar-refractivity contribution in [1.82, 2.24) is 39.9 Å². The largest absolute Gasteiger partial charge is 0.505 e. The number of rotatable bonds is 5. The average Bonchev–Trinajstić information content (AvgIpc) is 3.83. The Labute approximate surface area is 259 Å². The predicted molar refractivity (Wildman–Crippen MR) is 167 cm³/mol. The van der Waals surface area contributed by atoms with E-state index in [-0.39, 0.29) is 11.7 Å². The van der Waals surface area contributed by atoms with E-state index in [1.54, 1.807) is 17.3 Å². The third-order valence-corrected chi connectivity index (χ3v) is 9.62. The minimum absolute atomic E-state index is 0.148. The number of nitrogens with zero attached hydrogens (tertiary/aromatic N) is 7. The molecule has 3 aliphatic rings. The number of hydrogen-bond acceptors (Lipinski definition) is 8. The summed E-state index contributed by atoms with van der Waals surface area (Å²) in [6, 6.07) is 8.65. The van der Waals surface area contributed by atoms with E-state index in [1.807, 2.05) is 25.1 Å². The molecule has 2 fully saturated rings. The number of amides is 1. The van der Waals surface area contributed by atoms with Crippen LogP contribution in [0, 0.1) is 17.7 Å². The minimum atomic E-state index is -0.650. The van der Waals surface area contributed by atoms with Gasteiger partial charge in [-0.15, -0.1) is 0 Å². The fourth-order valence-corrected chi connectivity index (χ4v) is 7.28. The molecule has 0 aliphatic carbocycles. The van der Waals surface area contributed by atoms with E-state index in [0.29, 0.717) is 55.0 Å². The van der Waals surface area contributed by atoms with Crippen LogP contribution in [0.2, 0.25) is 0 Å². The van der Waals surface area contributed by atoms with E-state index in [0.717, 1.165) is 71.0 Å². The highest BCUT2D eigenvalue weighted by atomic mass is 19.1. The van der Waals surface area contributed by atoms with E-state index in [9.17, 15) is 14.3 Å². The molecule has 3 N–H and O–H groups in total. The molecular weight excluding hydrogens is 573 g/mol. The molecule has 2 saturated heterocycles. The normalized spacial score (nSPS) is 19.8. The van der Waals surface area contributed by atoms with Crippen molar-refractivity contribution in [1.29, 1.82) is 0 Å². The Hall–Kier alpha value is -4.84. The number of benzene rings is 2. The molecule has 230 valence electrons. The molecule has 5 aromatic rings. The van der Waals surface area contributed by atoms with Crippen LogP contribution in [0.1, 0.15) is 34.4 Å². The zero-order valence-electron chi connectivity index (χ0n) is 25.2. The van der Waals surface area contributed by atoms with Gasteiger partial charge in [0.1, 0.15) is 17.2 Å². The van der Waals surface area contributed by atoms with Crippen LogP contribution in [0.3, 0.4) is 0 Å². The van der Waals surface area contributed by atoms with E-state index in [4.69, 9.17) is 4.98 Å². The lowest BCUT2D eigenvalue weighted by Crippen LogP contribution is -2.36. The summed E-state index contributed by atoms with van der Waals surface area (Å²) in [5.41, 5.74) is 6.02. The molecule has 0 bridgehead atoms. The van der Waals surface area contributed by atoms with Crippen LogP contribution in [-0.4, -0.2) is 90.7 Å². The number of aromatic nitrogens is 6. The number of aromatic hydroxyl groups is 1. The van der Waals surface area contributed by atoms with E-state index < -0.39 is 5.82 Å². The maximum absolute atomic E-state index is 14.2. The zero-order chi connectivity index (χ0) is 30.8. The fourth-order valence-electron chi connectivity index (χ4n) is 7.28. The number of aryl methyl sites for hydroxylation is 1. The van der Waals surface area contributed by atoms with E-state index in [2.05, 4.69) is 42.0 Å². The van der Waals surface area contributed by atoms with Crippen molar-refractivity contribution in [3.8, 4) is 28.4 Å². The summed E-state index contributed by atoms with van der Waals surface area (Å²) in [6.07, 6.45) is 4.61. The van der Waals surface area contributed by atoms with Crippen molar-refractivity contribution in [2.75, 3.05) is 44.7 Å². The lowest BCUT2D eigenvalue weighted by atomic mass is 9.96. The summed E-state index contributed by atoms with van der Waals surface area (Å²) < 4.78 is 14.2. The summed E-state index contributed by atoms with van der Waals surface area (Å²) in [5, 5.41) is 18.3. The summed E-state index contributed by atoms with van der Waals surface area (Å²) in [6.45, 7) is 7.12. The van der Waals surface area contributed by atoms with Crippen LogP contribution in [0.4, 0.5) is 10.2 Å². The number of anilines is 1. The number of carbonyl (C=O) groups is 1. The predicted octanol–water partition coefficient (Wildman–Crippen LogP) is 4.01. The first-order chi connectivity index (χ1) is 21.8. The van der Waals surface area contributed by atoms with Gasteiger partial charge in [0, 0.05) is 44.5 Å². The van der Waals surface area contributed by atoms with Crippen LogP contribution < -0.4 is 4.90 Å². The number of fused-ring (bicyclic) bond motifs is 3. The fraction of sp³-hybridized carbons (Fsp3) is 0.364. The SMILES string of the molecule is CCc1cc(O)c(F)cc1-c1ccc2c(-c3nc4c([nH]3)CN(C(=O)c3cnc(N5C[C@H]6CN(C)C[C@H]6C5)cn3)CC4)n[nH]c2c1. The van der Waals surface area contributed by atoms with Crippen LogP contribution in [0.5, 0.6) is 5.75 Å². The second kappa shape index (κ2) is 10.7. The van der Waals surface area contributed by atoms with Crippen LogP contribution in [0.25, 0.3) is 33.5 Å². The van der Waals surface area contributed by atoms with Gasteiger partial charge in [0.2, 0.25) is 0 Å². The zero-order valence-corrected chi connectivity index (χ0v) is 25.2. The quantitative estimate of drug-likeness (QED) is 0.273. The first-order valence-electron chi connectivity index (χ1n) is 15.5. The molecule has 12 heteroatoms. The number of imidazole rings is 1. The number of nitrogens with one attached hydrogen (secondary N) is 2. The Morgan fingerprint density at radius 3 is 2.67 bits per heavy atom. The highest BCUT2D eigenvalue weighted by Crippen LogP contribution is 2.35. The van der Waals surface area contributed by atoms with Crippen molar-refractivity contribution in [2.45, 2.75) is 26.3 Å². The van der Waals surface area contributed by atoms with Gasteiger partial charge in [-0.2, -0.15) is 5.10 Å². The van der Waals surface area contributed by atoms with Crippen molar-refractivity contribution in [3.63, 3.8) is 0 Å². The minimum Gasteiger partial charge on any atom is -0.505 e. The molecule has 0 spiro atoms. The molecule has 3 aromatic heterocycles. The first-order valence-corrected chi connectivity index (χ1v) is 15.5. The maximum atomic E-state index is 14.2. The Bertz CT molecular complexity index is 1920. The molecule has 0 saturated carbocycles. The molecule has 0 unspecified atom stereocenters. The lowest BCUT2D eigenvalue weighted by Gasteiger charge is -2.26. The number of H-pyrrole nitrogens is 2. The van der Waals surface area contributed by atoms with E-state index in [1.165, 1.54) is 12.1 Å². The topological polar surface area (TPSA) is 130 Å². The van der Waals surface area contributed by atoms with Crippen molar-refractivity contribution in [3.05, 3.63) is 71.2 Å². The van der Waals surface area contributed by atoms with Gasteiger partial charge in [-0.05, 0) is 66.3 Å². The number of carbonyl (C=O) groups excluding carboxylic acids is 1. The average molecular weight is 608 g/mol. The number of phenolic OH excluding ortho intramolecular Hbond substituents is 1. The first kappa shape index (κ1) is 27.7. The number of hydrogen-bond donors (Lipinski definition) is 3. The molecule has 2 aromatic carbocycles. The van der Waals surface area contributed by atoms with Gasteiger partial charge in [0.05, 0.1) is 35.8 Å². The standard InChI is InChI=1S/C33H34FN9O2/c1-3-18-9-29(44)24(34)10-23(18)19-4-5-22-26(8-19)39-40-31(22)32-37-25-6-7-42(17-28(25)38-32)33(45)27-11-36-30(12-35-27)43-15-20-13-41(2)14-21(20)16-43/h4-5,8-12,20-21,44H,3,6-7,13-17H2,1-2H3,(H,37,38)(H,39,40)/t20-,21+. The molecule has 3 aliphatic heterocycles. The molecular formula is C33H34FN9O2. The molecule has 2 atom stereocenters. The molecule has 11 nitrogen and oxygen atoms in total. The van der Waals surface area contributed by atoms with Gasteiger partial charge >= 0.3 is 0 Å². The van der Waals surface area contributed by atoms with Gasteiger partial charge in [-0.1, -0.05) is 13.0 Å². The highest BCUT2D eigenvalue weighted by Gasteiger charge is 2.39. The molecule has 8 rings (SSSR count). The second-order valence-electron chi connectivity index (χ2n) is 12.5. The third kappa shape index (κ3) is 4.80. The van der Waals surface area contributed by atoms with Gasteiger partial charge in [0.15, 0.2) is 17.4 Å². The van der Waals surface area contributed by atoms with Gasteiger partial charge in [0.25, 0.3) is 5.91 Å². The Balaban J connectivity index is 0.983. The summed E-state index contributed by atoms with van der Waals surface area (Å²) in [5.74, 6) is 1.66. The summed E-state index contributed by atoms with van der Waals surface area (Å²) in [7, 11) is 2.18. The molecule has 1 amide bonds. The number of aromatic amines is 2. The third-order valence-electron chi connectivity index (χ3n) is 9.62. The summed E-state index contributed by atoms with van der Waals surface area (Å²) >= 11 is 0. The number of halogens is 1. The van der Waals surface area contributed by atoms with E-state index >= 15 is 0 Å². The smallest absolute Gasteiger partial charge is 0.274 e. The van der Waals surface area contributed by atoms with Crippen molar-refractivity contribution >= 4 is 22.6 Å². The van der Waals surface area contributed by atoms with Crippen LogP contribution in [0.15, 0.2) is 42.7 Å². The van der Waals surface area contributed by atoms with Gasteiger partial charge < -0.3 is 24.8 Å².